The fourth-order valence-corrected chi connectivity index (χ4v) is 1.41. The van der Waals surface area contributed by atoms with E-state index in [1.54, 1.807) is 0 Å². The maximum Gasteiger partial charge on any atom is 0.292 e. The SMILES string of the molecule is Nc1cc(C(=O)Nc2cnccn2)ccc1[N+](=O)[O-]. The van der Waals surface area contributed by atoms with Crippen molar-refractivity contribution < 1.29 is 9.72 Å². The molecule has 0 fully saturated rings. The molecule has 1 aromatic heterocycles. The van der Waals surface area contributed by atoms with Crippen LogP contribution in [0.5, 0.6) is 0 Å². The molecule has 0 aliphatic rings. The molecule has 19 heavy (non-hydrogen) atoms. The lowest BCUT2D eigenvalue weighted by Crippen LogP contribution is -2.13. The molecule has 3 N–H and O–H groups in total. The monoisotopic (exact) mass is 259 g/mol. The van der Waals surface area contributed by atoms with Gasteiger partial charge in [-0.3, -0.25) is 19.9 Å². The molecule has 0 bridgehead atoms. The summed E-state index contributed by atoms with van der Waals surface area (Å²) in [6.45, 7) is 0. The summed E-state index contributed by atoms with van der Waals surface area (Å²) >= 11 is 0. The Morgan fingerprint density at radius 1 is 1.37 bits per heavy atom. The molecule has 8 heteroatoms. The van der Waals surface area contributed by atoms with E-state index < -0.39 is 10.8 Å². The van der Waals surface area contributed by atoms with Crippen LogP contribution in [0, 0.1) is 10.1 Å². The fraction of sp³-hybridized carbons (Fsp3) is 0. The number of carbonyl (C=O) groups excluding carboxylic acids is 1. The van der Waals surface area contributed by atoms with Gasteiger partial charge in [-0.25, -0.2) is 4.98 Å². The first kappa shape index (κ1) is 12.4. The second kappa shape index (κ2) is 5.08. The van der Waals surface area contributed by atoms with Crippen LogP contribution in [0.3, 0.4) is 0 Å². The van der Waals surface area contributed by atoms with Crippen molar-refractivity contribution in [1.29, 1.82) is 0 Å². The minimum Gasteiger partial charge on any atom is -0.393 e. The summed E-state index contributed by atoms with van der Waals surface area (Å²) in [5.74, 6) is -0.188. The highest BCUT2D eigenvalue weighted by atomic mass is 16.6. The molecule has 1 heterocycles. The number of nitrogens with zero attached hydrogens (tertiary/aromatic N) is 3. The van der Waals surface area contributed by atoms with Gasteiger partial charge in [0.2, 0.25) is 0 Å². The maximum atomic E-state index is 11.8. The smallest absolute Gasteiger partial charge is 0.292 e. The predicted octanol–water partition coefficient (Wildman–Crippen LogP) is 1.22. The normalized spacial score (nSPS) is 9.89. The lowest BCUT2D eigenvalue weighted by Gasteiger charge is -2.04. The lowest BCUT2D eigenvalue weighted by molar-refractivity contribution is -0.383. The molecule has 1 amide bonds. The van der Waals surface area contributed by atoms with Crippen molar-refractivity contribution in [2.24, 2.45) is 0 Å². The van der Waals surface area contributed by atoms with Gasteiger partial charge in [0.25, 0.3) is 11.6 Å². The number of benzene rings is 1. The minimum atomic E-state index is -0.611. The third-order valence-corrected chi connectivity index (χ3v) is 2.29. The third kappa shape index (κ3) is 2.80. The Morgan fingerprint density at radius 2 is 2.16 bits per heavy atom. The molecule has 0 aliphatic heterocycles. The van der Waals surface area contributed by atoms with E-state index in [0.717, 1.165) is 0 Å². The molecule has 0 atom stereocenters. The van der Waals surface area contributed by atoms with Crippen molar-refractivity contribution >= 4 is 23.1 Å². The van der Waals surface area contributed by atoms with Gasteiger partial charge in [0, 0.05) is 24.0 Å². The number of nitrogens with one attached hydrogen (secondary N) is 1. The molecular formula is C11H9N5O3. The molecule has 2 rings (SSSR count). The van der Waals surface area contributed by atoms with Crippen molar-refractivity contribution in [2.45, 2.75) is 0 Å². The van der Waals surface area contributed by atoms with E-state index in [1.165, 1.54) is 36.8 Å². The first-order valence-electron chi connectivity index (χ1n) is 5.19. The van der Waals surface area contributed by atoms with E-state index in [0.29, 0.717) is 0 Å². The van der Waals surface area contributed by atoms with Gasteiger partial charge in [-0.2, -0.15) is 0 Å². The number of anilines is 2. The van der Waals surface area contributed by atoms with Crippen molar-refractivity contribution in [3.63, 3.8) is 0 Å². The zero-order valence-corrected chi connectivity index (χ0v) is 9.61. The number of nitro groups is 1. The molecule has 8 nitrogen and oxygen atoms in total. The van der Waals surface area contributed by atoms with E-state index in [4.69, 9.17) is 5.73 Å². The first-order chi connectivity index (χ1) is 9.08. The minimum absolute atomic E-state index is 0.0724. The zero-order chi connectivity index (χ0) is 13.8. The number of nitrogen functional groups attached to an aromatic ring is 1. The summed E-state index contributed by atoms with van der Waals surface area (Å²) in [4.78, 5) is 29.5. The van der Waals surface area contributed by atoms with Crippen molar-refractivity contribution in [3.8, 4) is 0 Å². The number of amides is 1. The molecule has 1 aromatic carbocycles. The number of hydrogen-bond acceptors (Lipinski definition) is 6. The zero-order valence-electron chi connectivity index (χ0n) is 9.61. The summed E-state index contributed by atoms with van der Waals surface area (Å²) in [7, 11) is 0. The molecule has 96 valence electrons. The lowest BCUT2D eigenvalue weighted by atomic mass is 10.1. The fourth-order valence-electron chi connectivity index (χ4n) is 1.41. The summed E-state index contributed by atoms with van der Waals surface area (Å²) in [6.07, 6.45) is 4.28. The number of nitro benzene ring substituents is 1. The summed E-state index contributed by atoms with van der Waals surface area (Å²) in [6, 6.07) is 3.74. The van der Waals surface area contributed by atoms with Gasteiger partial charge < -0.3 is 11.1 Å². The quantitative estimate of drug-likeness (QED) is 0.485. The van der Waals surface area contributed by atoms with Crippen LogP contribution in [-0.2, 0) is 0 Å². The van der Waals surface area contributed by atoms with Gasteiger partial charge in [-0.1, -0.05) is 0 Å². The van der Waals surface area contributed by atoms with E-state index in [-0.39, 0.29) is 22.8 Å². The highest BCUT2D eigenvalue weighted by Crippen LogP contribution is 2.22. The van der Waals surface area contributed by atoms with Gasteiger partial charge in [-0.15, -0.1) is 0 Å². The topological polar surface area (TPSA) is 124 Å². The molecule has 0 radical (unpaired) electrons. The second-order valence-electron chi connectivity index (χ2n) is 3.58. The van der Waals surface area contributed by atoms with E-state index in [2.05, 4.69) is 15.3 Å². The Labute approximate surface area is 107 Å². The number of rotatable bonds is 3. The van der Waals surface area contributed by atoms with Crippen LogP contribution < -0.4 is 11.1 Å². The van der Waals surface area contributed by atoms with E-state index >= 15 is 0 Å². The Kier molecular flexibility index (Phi) is 3.33. The Bertz CT molecular complexity index is 629. The van der Waals surface area contributed by atoms with Crippen LogP contribution in [-0.4, -0.2) is 20.8 Å². The van der Waals surface area contributed by atoms with Gasteiger partial charge in [0.15, 0.2) is 5.82 Å². The summed E-state index contributed by atoms with van der Waals surface area (Å²) in [5, 5.41) is 13.1. The van der Waals surface area contributed by atoms with E-state index in [9.17, 15) is 14.9 Å². The number of nitrogens with two attached hydrogens (primary N) is 1. The Morgan fingerprint density at radius 3 is 2.74 bits per heavy atom. The van der Waals surface area contributed by atoms with Crippen LogP contribution >= 0.6 is 0 Å². The largest absolute Gasteiger partial charge is 0.393 e. The number of hydrogen-bond donors (Lipinski definition) is 2. The first-order valence-corrected chi connectivity index (χ1v) is 5.19. The molecule has 0 saturated heterocycles. The van der Waals surface area contributed by atoms with Gasteiger partial charge >= 0.3 is 0 Å². The van der Waals surface area contributed by atoms with Crippen LogP contribution in [0.15, 0.2) is 36.8 Å². The summed E-state index contributed by atoms with van der Waals surface area (Å²) < 4.78 is 0. The van der Waals surface area contributed by atoms with Crippen LogP contribution in [0.4, 0.5) is 17.2 Å². The number of aromatic nitrogens is 2. The van der Waals surface area contributed by atoms with Gasteiger partial charge in [0.05, 0.1) is 11.1 Å². The van der Waals surface area contributed by atoms with Crippen molar-refractivity contribution in [1.82, 2.24) is 9.97 Å². The summed E-state index contributed by atoms with van der Waals surface area (Å²) in [5.41, 5.74) is 5.39. The van der Waals surface area contributed by atoms with Crippen molar-refractivity contribution in [2.75, 3.05) is 11.1 Å². The Balaban J connectivity index is 2.21. The average Bonchev–Trinajstić information content (AvgIpc) is 2.39. The predicted molar refractivity (Wildman–Crippen MR) is 67.5 cm³/mol. The average molecular weight is 259 g/mol. The maximum absolute atomic E-state index is 11.8. The van der Waals surface area contributed by atoms with Gasteiger partial charge in [0.1, 0.15) is 5.69 Å². The molecule has 0 saturated carbocycles. The molecule has 0 aliphatic carbocycles. The highest BCUT2D eigenvalue weighted by molar-refractivity contribution is 6.04. The molecule has 0 unspecified atom stereocenters. The molecule has 2 aromatic rings. The third-order valence-electron chi connectivity index (χ3n) is 2.29. The van der Waals surface area contributed by atoms with Crippen LogP contribution in [0.1, 0.15) is 10.4 Å². The van der Waals surface area contributed by atoms with E-state index in [1.807, 2.05) is 0 Å². The van der Waals surface area contributed by atoms with Crippen molar-refractivity contribution in [3.05, 3.63) is 52.5 Å². The molecular weight excluding hydrogens is 250 g/mol. The second-order valence-corrected chi connectivity index (χ2v) is 3.58. The van der Waals surface area contributed by atoms with Crippen LogP contribution in [0.2, 0.25) is 0 Å². The Hall–Kier alpha value is -3.03. The van der Waals surface area contributed by atoms with Crippen LogP contribution in [0.25, 0.3) is 0 Å². The van der Waals surface area contributed by atoms with Gasteiger partial charge in [-0.05, 0) is 12.1 Å². The molecule has 0 spiro atoms. The number of carbonyl (C=O) groups is 1. The highest BCUT2D eigenvalue weighted by Gasteiger charge is 2.14. The standard InChI is InChI=1S/C11H9N5O3/c12-8-5-7(1-2-9(8)16(18)19)11(17)15-10-6-13-3-4-14-10/h1-6H,12H2,(H,14,15,17).